The zero-order chi connectivity index (χ0) is 18.1. The third-order valence-corrected chi connectivity index (χ3v) is 4.78. The topological polar surface area (TPSA) is 111 Å². The summed E-state index contributed by atoms with van der Waals surface area (Å²) in [4.78, 5) is 12.8. The molecule has 27 heavy (non-hydrogen) atoms. The molecule has 0 bridgehead atoms. The molecule has 0 spiro atoms. The maximum Gasteiger partial charge on any atom is 0.275 e. The van der Waals surface area contributed by atoms with Gasteiger partial charge in [0.25, 0.3) is 5.91 Å². The molecule has 1 saturated heterocycles. The van der Waals surface area contributed by atoms with E-state index in [9.17, 15) is 4.79 Å². The monoisotopic (exact) mass is 385 g/mol. The number of hydrogen-bond donors (Lipinski definition) is 3. The van der Waals surface area contributed by atoms with E-state index in [2.05, 4.69) is 32.0 Å². The number of aryl methyl sites for hydroxylation is 1. The summed E-state index contributed by atoms with van der Waals surface area (Å²) in [5, 5.41) is 27.5. The van der Waals surface area contributed by atoms with E-state index in [0.717, 1.165) is 36.9 Å². The smallest absolute Gasteiger partial charge is 0.275 e. The maximum atomic E-state index is 12.8. The molecule has 1 amide bonds. The Morgan fingerprint density at radius 2 is 2.30 bits per heavy atom. The first-order chi connectivity index (χ1) is 12.7. The molecule has 8 nitrogen and oxygen atoms in total. The first-order valence-electron chi connectivity index (χ1n) is 8.62. The minimum Gasteiger partial charge on any atom is -0.315 e. The summed E-state index contributed by atoms with van der Waals surface area (Å²) in [6, 6.07) is 7.65. The summed E-state index contributed by atoms with van der Waals surface area (Å²) in [6.07, 6.45) is 3.71. The number of piperidine rings is 1. The maximum absolute atomic E-state index is 12.8. The summed E-state index contributed by atoms with van der Waals surface area (Å²) in [5.74, 6) is 0.204. The van der Waals surface area contributed by atoms with E-state index in [-0.39, 0.29) is 24.4 Å². The van der Waals surface area contributed by atoms with Crippen LogP contribution in [0, 0.1) is 18.3 Å². The number of benzene rings is 1. The van der Waals surface area contributed by atoms with Crippen molar-refractivity contribution in [1.29, 1.82) is 5.26 Å². The minimum atomic E-state index is -0.247. The normalized spacial score (nSPS) is 16.5. The van der Waals surface area contributed by atoms with Gasteiger partial charge in [0.15, 0.2) is 5.82 Å². The third-order valence-electron chi connectivity index (χ3n) is 4.78. The summed E-state index contributed by atoms with van der Waals surface area (Å²) in [6.45, 7) is 3.67. The lowest BCUT2D eigenvalue weighted by atomic mass is 10.1. The Kier molecular flexibility index (Phi) is 5.44. The first-order valence-corrected chi connectivity index (χ1v) is 8.62. The molecule has 0 radical (unpaired) electrons. The van der Waals surface area contributed by atoms with Crippen molar-refractivity contribution in [2.24, 2.45) is 0 Å². The van der Waals surface area contributed by atoms with Crippen LogP contribution in [0.1, 0.15) is 40.5 Å². The van der Waals surface area contributed by atoms with E-state index in [4.69, 9.17) is 5.26 Å². The lowest BCUT2D eigenvalue weighted by Gasteiger charge is -2.24. The molecule has 2 aromatic heterocycles. The van der Waals surface area contributed by atoms with Crippen LogP contribution in [0.2, 0.25) is 0 Å². The molecule has 140 valence electrons. The molecule has 1 fully saturated rings. The summed E-state index contributed by atoms with van der Waals surface area (Å²) < 4.78 is 1.79. The van der Waals surface area contributed by atoms with Gasteiger partial charge in [0.1, 0.15) is 5.69 Å². The fraction of sp³-hybridized carbons (Fsp3) is 0.333. The Morgan fingerprint density at radius 1 is 1.44 bits per heavy atom. The second kappa shape index (κ2) is 7.78. The highest BCUT2D eigenvalue weighted by Gasteiger charge is 2.22. The van der Waals surface area contributed by atoms with Gasteiger partial charge in [-0.2, -0.15) is 15.5 Å². The average Bonchev–Trinajstić information content (AvgIpc) is 3.29. The van der Waals surface area contributed by atoms with E-state index in [1.54, 1.807) is 23.0 Å². The number of amides is 1. The number of aromatic nitrogens is 4. The van der Waals surface area contributed by atoms with E-state index < -0.39 is 0 Å². The molecule has 1 aromatic carbocycles. The third kappa shape index (κ3) is 3.52. The first kappa shape index (κ1) is 18.9. The van der Waals surface area contributed by atoms with Gasteiger partial charge in [-0.15, -0.1) is 12.4 Å². The highest BCUT2D eigenvalue weighted by molar-refractivity contribution is 6.07. The van der Waals surface area contributed by atoms with Gasteiger partial charge >= 0.3 is 0 Å². The van der Waals surface area contributed by atoms with Gasteiger partial charge < -0.3 is 10.6 Å². The Bertz CT molecular complexity index is 1010. The highest BCUT2D eigenvalue weighted by Crippen LogP contribution is 2.25. The number of nitrogens with one attached hydrogen (secondary N) is 3. The molecule has 1 unspecified atom stereocenters. The van der Waals surface area contributed by atoms with Crippen LogP contribution in [0.25, 0.3) is 10.9 Å². The number of aromatic amines is 1. The number of carbonyl (C=O) groups excluding carboxylic acids is 1. The van der Waals surface area contributed by atoms with Gasteiger partial charge in [-0.1, -0.05) is 0 Å². The van der Waals surface area contributed by atoms with Gasteiger partial charge in [-0.25, -0.2) is 0 Å². The lowest BCUT2D eigenvalue weighted by Crippen LogP contribution is -2.34. The van der Waals surface area contributed by atoms with Crippen LogP contribution in [0.4, 0.5) is 5.82 Å². The summed E-state index contributed by atoms with van der Waals surface area (Å²) in [7, 11) is 0. The molecular formula is C18H20ClN7O. The van der Waals surface area contributed by atoms with Crippen molar-refractivity contribution in [2.75, 3.05) is 18.4 Å². The molecule has 1 atom stereocenters. The zero-order valence-electron chi connectivity index (χ0n) is 14.8. The fourth-order valence-corrected chi connectivity index (χ4v) is 3.39. The van der Waals surface area contributed by atoms with Crippen molar-refractivity contribution in [3.05, 3.63) is 41.2 Å². The van der Waals surface area contributed by atoms with Crippen LogP contribution in [0.15, 0.2) is 24.4 Å². The van der Waals surface area contributed by atoms with Crippen LogP contribution < -0.4 is 10.6 Å². The van der Waals surface area contributed by atoms with Crippen LogP contribution in [-0.2, 0) is 0 Å². The number of rotatable bonds is 3. The van der Waals surface area contributed by atoms with Crippen LogP contribution >= 0.6 is 12.4 Å². The highest BCUT2D eigenvalue weighted by atomic mass is 35.5. The van der Waals surface area contributed by atoms with Crippen molar-refractivity contribution in [3.63, 3.8) is 0 Å². The molecule has 4 rings (SSSR count). The van der Waals surface area contributed by atoms with Gasteiger partial charge in [0.2, 0.25) is 0 Å². The molecule has 3 heterocycles. The SMILES string of the molecule is Cc1cc2c(NC(=O)c3ccnn3C3CCCNC3)n[nH]c2cc1C#N.Cl. The van der Waals surface area contributed by atoms with E-state index in [1.165, 1.54) is 0 Å². The number of anilines is 1. The van der Waals surface area contributed by atoms with Gasteiger partial charge in [-0.3, -0.25) is 14.6 Å². The Hall–Kier alpha value is -2.89. The van der Waals surface area contributed by atoms with Crippen LogP contribution in [-0.4, -0.2) is 39.0 Å². The fourth-order valence-electron chi connectivity index (χ4n) is 3.39. The van der Waals surface area contributed by atoms with E-state index >= 15 is 0 Å². The minimum absolute atomic E-state index is 0. The lowest BCUT2D eigenvalue weighted by molar-refractivity contribution is 0.101. The second-order valence-corrected chi connectivity index (χ2v) is 6.51. The Morgan fingerprint density at radius 3 is 3.04 bits per heavy atom. The molecule has 0 saturated carbocycles. The number of carbonyl (C=O) groups is 1. The summed E-state index contributed by atoms with van der Waals surface area (Å²) in [5.41, 5.74) is 2.66. The van der Waals surface area contributed by atoms with Crippen molar-refractivity contribution >= 4 is 35.0 Å². The number of nitrogens with zero attached hydrogens (tertiary/aromatic N) is 4. The number of fused-ring (bicyclic) bond motifs is 1. The second-order valence-electron chi connectivity index (χ2n) is 6.51. The van der Waals surface area contributed by atoms with Crippen LogP contribution in [0.3, 0.4) is 0 Å². The van der Waals surface area contributed by atoms with Gasteiger partial charge in [0, 0.05) is 18.1 Å². The zero-order valence-corrected chi connectivity index (χ0v) is 15.6. The number of hydrogen-bond acceptors (Lipinski definition) is 5. The molecule has 3 aromatic rings. The predicted octanol–water partition coefficient (Wildman–Crippen LogP) is 2.54. The largest absolute Gasteiger partial charge is 0.315 e. The Balaban J connectivity index is 0.00000210. The van der Waals surface area contributed by atoms with Gasteiger partial charge in [0.05, 0.1) is 23.2 Å². The molecule has 3 N–H and O–H groups in total. The van der Waals surface area contributed by atoms with Crippen molar-refractivity contribution < 1.29 is 4.79 Å². The van der Waals surface area contributed by atoms with Crippen molar-refractivity contribution in [2.45, 2.75) is 25.8 Å². The molecular weight excluding hydrogens is 366 g/mol. The molecule has 1 aliphatic rings. The van der Waals surface area contributed by atoms with Crippen molar-refractivity contribution in [1.82, 2.24) is 25.3 Å². The Labute approximate surface area is 162 Å². The van der Waals surface area contributed by atoms with Gasteiger partial charge in [-0.05, 0) is 50.1 Å². The van der Waals surface area contributed by atoms with E-state index in [0.29, 0.717) is 22.6 Å². The number of halogens is 1. The molecule has 1 aliphatic heterocycles. The average molecular weight is 386 g/mol. The van der Waals surface area contributed by atoms with Crippen molar-refractivity contribution in [3.8, 4) is 6.07 Å². The number of H-pyrrole nitrogens is 1. The molecule has 0 aliphatic carbocycles. The standard InChI is InChI=1S/C18H19N7O.ClH/c1-11-7-14-15(8-12(11)9-19)23-24-17(14)22-18(26)16-4-6-21-25(16)13-3-2-5-20-10-13;/h4,6-8,13,20H,2-3,5,10H2,1H3,(H2,22,23,24,26);1H. The number of nitriles is 1. The van der Waals surface area contributed by atoms with E-state index in [1.807, 2.05) is 13.0 Å². The quantitative estimate of drug-likeness (QED) is 0.641. The summed E-state index contributed by atoms with van der Waals surface area (Å²) >= 11 is 0. The molecule has 9 heteroatoms. The predicted molar refractivity (Wildman–Crippen MR) is 104 cm³/mol. The van der Waals surface area contributed by atoms with Crippen LogP contribution in [0.5, 0.6) is 0 Å².